The molecule has 1 heterocycles. The first kappa shape index (κ1) is 20.7. The lowest BCUT2D eigenvalue weighted by Gasteiger charge is -2.15. The highest BCUT2D eigenvalue weighted by Crippen LogP contribution is 2.32. The highest BCUT2D eigenvalue weighted by atomic mass is 32.1. The average Bonchev–Trinajstić information content (AvgIpc) is 3.41. The van der Waals surface area contributed by atoms with E-state index in [9.17, 15) is 18.8 Å². The summed E-state index contributed by atoms with van der Waals surface area (Å²) in [7, 11) is 0. The van der Waals surface area contributed by atoms with Crippen molar-refractivity contribution < 1.29 is 18.8 Å². The van der Waals surface area contributed by atoms with E-state index in [0.717, 1.165) is 12.8 Å². The van der Waals surface area contributed by atoms with Gasteiger partial charge in [-0.15, -0.1) is 11.3 Å². The molecule has 0 unspecified atom stereocenters. The number of thiazole rings is 1. The fourth-order valence-electron chi connectivity index (χ4n) is 3.16. The number of nitrogens with two attached hydrogens (primary N) is 1. The maximum absolute atomic E-state index is 14.7. The van der Waals surface area contributed by atoms with Crippen molar-refractivity contribution >= 4 is 34.2 Å². The fourth-order valence-corrected chi connectivity index (χ4v) is 3.68. The number of primary amides is 1. The van der Waals surface area contributed by atoms with Gasteiger partial charge < -0.3 is 11.1 Å². The van der Waals surface area contributed by atoms with Gasteiger partial charge in [0.1, 0.15) is 5.82 Å². The van der Waals surface area contributed by atoms with Crippen LogP contribution in [0.1, 0.15) is 49.5 Å². The zero-order chi connectivity index (χ0) is 22.1. The zero-order valence-electron chi connectivity index (χ0n) is 16.6. The summed E-state index contributed by atoms with van der Waals surface area (Å²) in [6, 6.07) is 7.20. The van der Waals surface area contributed by atoms with E-state index in [1.165, 1.54) is 35.6 Å². The largest absolute Gasteiger partial charge is 0.366 e. The van der Waals surface area contributed by atoms with Crippen molar-refractivity contribution in [2.75, 3.05) is 5.32 Å². The highest BCUT2D eigenvalue weighted by molar-refractivity contribution is 7.13. The molecule has 0 atom stereocenters. The van der Waals surface area contributed by atoms with Gasteiger partial charge in [0.05, 0.1) is 0 Å². The molecule has 1 saturated carbocycles. The molecule has 0 bridgehead atoms. The van der Waals surface area contributed by atoms with Gasteiger partial charge in [0, 0.05) is 34.3 Å². The summed E-state index contributed by atoms with van der Waals surface area (Å²) in [4.78, 5) is 41.2. The number of carbonyl (C=O) groups is 3. The third-order valence-electron chi connectivity index (χ3n) is 5.01. The van der Waals surface area contributed by atoms with Crippen molar-refractivity contribution in [2.24, 2.45) is 5.73 Å². The van der Waals surface area contributed by atoms with E-state index in [2.05, 4.69) is 15.6 Å². The Labute approximate surface area is 181 Å². The van der Waals surface area contributed by atoms with Crippen LogP contribution < -0.4 is 16.4 Å². The Bertz CT molecular complexity index is 1190. The summed E-state index contributed by atoms with van der Waals surface area (Å²) in [6.45, 7) is 1.57. The second kappa shape index (κ2) is 8.27. The predicted molar refractivity (Wildman–Crippen MR) is 116 cm³/mol. The molecule has 3 amide bonds. The number of carbonyl (C=O) groups excluding carboxylic acids is 3. The van der Waals surface area contributed by atoms with E-state index in [1.54, 1.807) is 24.6 Å². The molecule has 9 heteroatoms. The Kier molecular flexibility index (Phi) is 5.51. The Morgan fingerprint density at radius 2 is 1.87 bits per heavy atom. The van der Waals surface area contributed by atoms with Crippen LogP contribution >= 0.6 is 11.3 Å². The monoisotopic (exact) mass is 438 g/mol. The smallest absolute Gasteiger partial charge is 0.258 e. The molecule has 4 N–H and O–H groups in total. The molecule has 3 aromatic rings. The van der Waals surface area contributed by atoms with Gasteiger partial charge in [0.25, 0.3) is 11.8 Å². The SMILES string of the molecule is Cc1c(F)cc(C(=O)NC2CC2)cc1-c1ccc(C(N)=O)cc1C(=O)Nc1nccs1. The van der Waals surface area contributed by atoms with Crippen LogP contribution in [0.25, 0.3) is 11.1 Å². The molecule has 1 aliphatic rings. The summed E-state index contributed by atoms with van der Waals surface area (Å²) >= 11 is 1.23. The predicted octanol–water partition coefficient (Wildman–Crippen LogP) is 3.50. The molecule has 31 heavy (non-hydrogen) atoms. The van der Waals surface area contributed by atoms with E-state index >= 15 is 0 Å². The summed E-state index contributed by atoms with van der Waals surface area (Å²) in [5.41, 5.74) is 6.82. The standard InChI is InChI=1S/C22H19FN4O3S/c1-11-16(9-13(10-18(11)23)20(29)26-14-3-4-14)15-5-2-12(19(24)28)8-17(15)21(30)27-22-25-6-7-31-22/h2,5-10,14H,3-4H2,1H3,(H2,24,28)(H,26,29)(H,25,27,30). The number of nitrogens with one attached hydrogen (secondary N) is 2. The molecule has 1 aromatic heterocycles. The van der Waals surface area contributed by atoms with Gasteiger partial charge in [-0.1, -0.05) is 6.07 Å². The molecule has 1 aliphatic carbocycles. The zero-order valence-corrected chi connectivity index (χ0v) is 17.4. The second-order valence-electron chi connectivity index (χ2n) is 7.29. The van der Waals surface area contributed by atoms with E-state index in [-0.39, 0.29) is 34.2 Å². The number of anilines is 1. The first-order valence-electron chi connectivity index (χ1n) is 9.59. The minimum atomic E-state index is -0.699. The first-order valence-corrected chi connectivity index (χ1v) is 10.5. The molecule has 0 radical (unpaired) electrons. The summed E-state index contributed by atoms with van der Waals surface area (Å²) < 4.78 is 14.7. The van der Waals surface area contributed by atoms with Crippen LogP contribution in [0.5, 0.6) is 0 Å². The molecular formula is C22H19FN4O3S. The first-order chi connectivity index (χ1) is 14.8. The molecule has 158 valence electrons. The van der Waals surface area contributed by atoms with Gasteiger partial charge in [-0.3, -0.25) is 19.7 Å². The Morgan fingerprint density at radius 1 is 1.10 bits per heavy atom. The minimum Gasteiger partial charge on any atom is -0.366 e. The molecule has 4 rings (SSSR count). The van der Waals surface area contributed by atoms with Crippen molar-refractivity contribution in [3.05, 3.63) is 70.0 Å². The number of halogens is 1. The van der Waals surface area contributed by atoms with Gasteiger partial charge in [-0.25, -0.2) is 9.37 Å². The molecule has 0 spiro atoms. The van der Waals surface area contributed by atoms with Crippen LogP contribution in [0.4, 0.5) is 9.52 Å². The van der Waals surface area contributed by atoms with E-state index in [4.69, 9.17) is 5.73 Å². The number of aromatic nitrogens is 1. The van der Waals surface area contributed by atoms with Gasteiger partial charge >= 0.3 is 0 Å². The van der Waals surface area contributed by atoms with Crippen LogP contribution in [0.2, 0.25) is 0 Å². The Balaban J connectivity index is 1.80. The number of nitrogens with zero attached hydrogens (tertiary/aromatic N) is 1. The lowest BCUT2D eigenvalue weighted by Crippen LogP contribution is -2.25. The van der Waals surface area contributed by atoms with E-state index in [0.29, 0.717) is 16.3 Å². The normalized spacial score (nSPS) is 13.0. The lowest BCUT2D eigenvalue weighted by atomic mass is 9.92. The van der Waals surface area contributed by atoms with Crippen molar-refractivity contribution in [1.29, 1.82) is 0 Å². The molecule has 0 saturated heterocycles. The van der Waals surface area contributed by atoms with Gasteiger partial charge in [-0.05, 0) is 60.7 Å². The molecule has 0 aliphatic heterocycles. The highest BCUT2D eigenvalue weighted by Gasteiger charge is 2.25. The van der Waals surface area contributed by atoms with Crippen LogP contribution in [-0.2, 0) is 0 Å². The van der Waals surface area contributed by atoms with Crippen molar-refractivity contribution in [1.82, 2.24) is 10.3 Å². The number of amides is 3. The summed E-state index contributed by atoms with van der Waals surface area (Å²) in [5, 5.41) is 7.58. The van der Waals surface area contributed by atoms with Crippen molar-refractivity contribution in [3.63, 3.8) is 0 Å². The average molecular weight is 438 g/mol. The summed E-state index contributed by atoms with van der Waals surface area (Å²) in [5.74, 6) is -2.16. The minimum absolute atomic E-state index is 0.119. The number of benzene rings is 2. The van der Waals surface area contributed by atoms with Gasteiger partial charge in [-0.2, -0.15) is 0 Å². The lowest BCUT2D eigenvalue weighted by molar-refractivity contribution is 0.0948. The number of hydrogen-bond donors (Lipinski definition) is 3. The van der Waals surface area contributed by atoms with E-state index in [1.807, 2.05) is 0 Å². The number of rotatable bonds is 6. The Hall–Kier alpha value is -3.59. The third-order valence-corrected chi connectivity index (χ3v) is 5.70. The van der Waals surface area contributed by atoms with Crippen molar-refractivity contribution in [2.45, 2.75) is 25.8 Å². The maximum atomic E-state index is 14.7. The van der Waals surface area contributed by atoms with Crippen molar-refractivity contribution in [3.8, 4) is 11.1 Å². The molecular weight excluding hydrogens is 419 g/mol. The Morgan fingerprint density at radius 3 is 2.52 bits per heavy atom. The van der Waals surface area contributed by atoms with E-state index < -0.39 is 17.6 Å². The van der Waals surface area contributed by atoms with Crippen LogP contribution in [-0.4, -0.2) is 28.7 Å². The quantitative estimate of drug-likeness (QED) is 0.546. The molecule has 2 aromatic carbocycles. The van der Waals surface area contributed by atoms with Gasteiger partial charge in [0.2, 0.25) is 5.91 Å². The van der Waals surface area contributed by atoms with Crippen LogP contribution in [0.3, 0.4) is 0 Å². The summed E-state index contributed by atoms with van der Waals surface area (Å²) in [6.07, 6.45) is 3.35. The second-order valence-corrected chi connectivity index (χ2v) is 8.19. The van der Waals surface area contributed by atoms with Crippen LogP contribution in [0, 0.1) is 12.7 Å². The fraction of sp³-hybridized carbons (Fsp3) is 0.182. The number of hydrogen-bond acceptors (Lipinski definition) is 5. The van der Waals surface area contributed by atoms with Crippen LogP contribution in [0.15, 0.2) is 41.9 Å². The molecule has 1 fully saturated rings. The maximum Gasteiger partial charge on any atom is 0.258 e. The molecule has 7 nitrogen and oxygen atoms in total. The topological polar surface area (TPSA) is 114 Å². The van der Waals surface area contributed by atoms with Gasteiger partial charge in [0.15, 0.2) is 5.13 Å². The third kappa shape index (κ3) is 4.46.